The van der Waals surface area contributed by atoms with Crippen molar-refractivity contribution in [3.63, 3.8) is 0 Å². The molecule has 1 aliphatic heterocycles. The van der Waals surface area contributed by atoms with Crippen LogP contribution in [0.25, 0.3) is 10.2 Å². The van der Waals surface area contributed by atoms with Crippen molar-refractivity contribution in [2.24, 2.45) is 23.2 Å². The summed E-state index contributed by atoms with van der Waals surface area (Å²) in [5, 5.41) is 0. The van der Waals surface area contributed by atoms with Crippen LogP contribution in [0.2, 0.25) is 0 Å². The average Bonchev–Trinajstić information content (AvgIpc) is 3.00. The molecule has 3 unspecified atom stereocenters. The van der Waals surface area contributed by atoms with Crippen molar-refractivity contribution in [1.29, 1.82) is 0 Å². The highest BCUT2D eigenvalue weighted by atomic mass is 32.1. The standard InChI is InChI=1S/C22H27NO2S/c1-4-21-9-14-6-16(10-21)22(17(7-14)11-21)20(3,24-25-22)15-5-13(2)19-18(8-15)26-12-23-19/h5,8,12,14,16-17H,4,6-7,9-11H2,1-3H3/i12T. The van der Waals surface area contributed by atoms with E-state index in [9.17, 15) is 0 Å². The van der Waals surface area contributed by atoms with Gasteiger partial charge in [0.2, 0.25) is 0 Å². The van der Waals surface area contributed by atoms with Gasteiger partial charge in [-0.15, -0.1) is 11.3 Å². The Labute approximate surface area is 160 Å². The molecule has 1 aromatic heterocycles. The van der Waals surface area contributed by atoms with Gasteiger partial charge in [0, 0.05) is 0 Å². The van der Waals surface area contributed by atoms with Crippen LogP contribution < -0.4 is 0 Å². The molecular weight excluding hydrogens is 342 g/mol. The zero-order chi connectivity index (χ0) is 18.6. The minimum atomic E-state index is -0.393. The normalized spacial score (nSPS) is 46.7. The van der Waals surface area contributed by atoms with E-state index in [1.54, 1.807) is 0 Å². The minimum Gasteiger partial charge on any atom is -0.244 e. The third kappa shape index (κ3) is 1.70. The molecular formula is C22H27NO2S. The van der Waals surface area contributed by atoms with Crippen molar-refractivity contribution < 1.29 is 11.1 Å². The van der Waals surface area contributed by atoms with Crippen LogP contribution in [0.15, 0.2) is 17.6 Å². The number of hydrogen-bond acceptors (Lipinski definition) is 4. The second-order valence-corrected chi connectivity index (χ2v) is 10.5. The highest BCUT2D eigenvalue weighted by Gasteiger charge is 2.75. The van der Waals surface area contributed by atoms with E-state index in [2.05, 4.69) is 37.9 Å². The van der Waals surface area contributed by atoms with Crippen LogP contribution >= 0.6 is 11.3 Å². The lowest BCUT2D eigenvalue weighted by atomic mass is 9.41. The fraction of sp³-hybridized carbons (Fsp3) is 0.682. The van der Waals surface area contributed by atoms with E-state index in [1.165, 1.54) is 55.4 Å². The van der Waals surface area contributed by atoms with E-state index in [0.717, 1.165) is 21.7 Å². The summed E-state index contributed by atoms with van der Waals surface area (Å²) >= 11 is 1.46. The predicted octanol–water partition coefficient (Wildman–Crippen LogP) is 5.76. The van der Waals surface area contributed by atoms with Gasteiger partial charge in [0.05, 0.1) is 17.1 Å². The Balaban J connectivity index is 1.47. The molecule has 5 fully saturated rings. The number of nitrogens with zero attached hydrogens (tertiary/aromatic N) is 1. The molecule has 0 N–H and O–H groups in total. The lowest BCUT2D eigenvalue weighted by molar-refractivity contribution is -0.592. The van der Waals surface area contributed by atoms with E-state index < -0.39 is 5.60 Å². The highest BCUT2D eigenvalue weighted by molar-refractivity contribution is 7.16. The predicted molar refractivity (Wildman–Crippen MR) is 103 cm³/mol. The molecule has 2 aromatic rings. The molecule has 0 radical (unpaired) electrons. The van der Waals surface area contributed by atoms with Crippen molar-refractivity contribution in [3.05, 3.63) is 28.7 Å². The molecule has 4 saturated carbocycles. The van der Waals surface area contributed by atoms with Gasteiger partial charge in [-0.05, 0) is 86.3 Å². The van der Waals surface area contributed by atoms with E-state index in [4.69, 9.17) is 11.1 Å². The zero-order valence-electron chi connectivity index (χ0n) is 16.8. The number of aromatic nitrogens is 1. The fourth-order valence-corrected chi connectivity index (χ4v) is 8.10. The Morgan fingerprint density at radius 2 is 2.00 bits per heavy atom. The molecule has 138 valence electrons. The van der Waals surface area contributed by atoms with Gasteiger partial charge < -0.3 is 0 Å². The quantitative estimate of drug-likeness (QED) is 0.629. The van der Waals surface area contributed by atoms with Gasteiger partial charge >= 0.3 is 0 Å². The van der Waals surface area contributed by atoms with Gasteiger partial charge in [0.1, 0.15) is 5.60 Å². The van der Waals surface area contributed by atoms with Crippen molar-refractivity contribution in [2.45, 2.75) is 70.5 Å². The molecule has 5 aliphatic rings. The minimum absolute atomic E-state index is 0.169. The second-order valence-electron chi connectivity index (χ2n) is 9.64. The number of rotatable bonds is 2. The zero-order valence-corrected chi connectivity index (χ0v) is 16.6. The highest BCUT2D eigenvalue weighted by Crippen LogP contribution is 2.72. The summed E-state index contributed by atoms with van der Waals surface area (Å²) in [6, 6.07) is 4.44. The maximum atomic E-state index is 7.92. The molecule has 1 saturated heterocycles. The van der Waals surface area contributed by atoms with Crippen LogP contribution in [0.3, 0.4) is 0 Å². The second kappa shape index (κ2) is 4.89. The number of aryl methyl sites for hydroxylation is 1. The smallest absolute Gasteiger partial charge is 0.158 e. The summed E-state index contributed by atoms with van der Waals surface area (Å²) in [6.45, 7) is 6.74. The number of fused-ring (bicyclic) bond motifs is 1. The SMILES string of the molecule is [3H]c1nc2c(C)cc(C3(C)OOC34C3CC5CC4CC(CC)(C5)C3)cc2s1. The molecule has 3 nitrogen and oxygen atoms in total. The topological polar surface area (TPSA) is 31.4 Å². The van der Waals surface area contributed by atoms with E-state index >= 15 is 0 Å². The number of benzene rings is 1. The Morgan fingerprint density at radius 3 is 2.65 bits per heavy atom. The fourth-order valence-electron chi connectivity index (χ4n) is 7.37. The lowest BCUT2D eigenvalue weighted by Gasteiger charge is -2.71. The molecule has 0 amide bonds. The third-order valence-corrected chi connectivity index (χ3v) is 9.21. The Morgan fingerprint density at radius 1 is 1.23 bits per heavy atom. The molecule has 1 aromatic carbocycles. The van der Waals surface area contributed by atoms with Gasteiger partial charge in [-0.3, -0.25) is 0 Å². The van der Waals surface area contributed by atoms with Gasteiger partial charge in [0.25, 0.3) is 0 Å². The first-order valence-electron chi connectivity index (χ1n) is 10.6. The van der Waals surface area contributed by atoms with Gasteiger partial charge in [-0.25, -0.2) is 14.8 Å². The van der Waals surface area contributed by atoms with Crippen LogP contribution in [-0.4, -0.2) is 10.6 Å². The number of hydrogen-bond donors (Lipinski definition) is 0. The summed E-state index contributed by atoms with van der Waals surface area (Å²) < 4.78 is 9.01. The van der Waals surface area contributed by atoms with Gasteiger partial charge in [-0.1, -0.05) is 19.4 Å². The molecule has 4 bridgehead atoms. The van der Waals surface area contributed by atoms with Gasteiger partial charge in [-0.2, -0.15) is 0 Å². The summed E-state index contributed by atoms with van der Waals surface area (Å²) in [5.74, 6) is 2.09. The van der Waals surface area contributed by atoms with Crippen LogP contribution in [0.4, 0.5) is 0 Å². The molecule has 2 heterocycles. The summed E-state index contributed by atoms with van der Waals surface area (Å²) in [5.41, 5.74) is 3.68. The maximum Gasteiger partial charge on any atom is 0.158 e. The lowest BCUT2D eigenvalue weighted by Crippen LogP contribution is -2.76. The van der Waals surface area contributed by atoms with Crippen LogP contribution in [0.5, 0.6) is 0 Å². The van der Waals surface area contributed by atoms with Crippen molar-refractivity contribution >= 4 is 21.6 Å². The molecule has 4 aliphatic carbocycles. The van der Waals surface area contributed by atoms with Crippen LogP contribution in [0.1, 0.15) is 64.9 Å². The van der Waals surface area contributed by atoms with Crippen molar-refractivity contribution in [2.75, 3.05) is 0 Å². The molecule has 26 heavy (non-hydrogen) atoms. The monoisotopic (exact) mass is 371 g/mol. The van der Waals surface area contributed by atoms with Crippen molar-refractivity contribution in [3.8, 4) is 0 Å². The average molecular weight is 372 g/mol. The molecule has 4 heteroatoms. The molecule has 7 rings (SSSR count). The van der Waals surface area contributed by atoms with E-state index in [0.29, 0.717) is 22.7 Å². The van der Waals surface area contributed by atoms with E-state index in [1.807, 2.05) is 0 Å². The summed E-state index contributed by atoms with van der Waals surface area (Å²) in [7, 11) is 0. The van der Waals surface area contributed by atoms with Crippen LogP contribution in [0, 0.1) is 30.1 Å². The van der Waals surface area contributed by atoms with Crippen LogP contribution in [-0.2, 0) is 15.4 Å². The first-order valence-corrected chi connectivity index (χ1v) is 11.0. The number of thiazole rings is 1. The summed E-state index contributed by atoms with van der Waals surface area (Å²) in [6.07, 6.45) is 7.94. The Hall–Kier alpha value is -0.970. The first-order chi connectivity index (χ1) is 12.9. The van der Waals surface area contributed by atoms with Gasteiger partial charge in [0.15, 0.2) is 5.60 Å². The Kier molecular flexibility index (Phi) is 2.83. The van der Waals surface area contributed by atoms with E-state index in [-0.39, 0.29) is 5.60 Å². The molecule has 1 spiro atoms. The third-order valence-electron chi connectivity index (χ3n) is 8.50. The van der Waals surface area contributed by atoms with Crippen molar-refractivity contribution in [1.82, 2.24) is 4.98 Å². The Bertz CT molecular complexity index is 939. The first kappa shape index (κ1) is 15.0. The summed E-state index contributed by atoms with van der Waals surface area (Å²) in [4.78, 5) is 16.6. The molecule has 3 atom stereocenters. The maximum absolute atomic E-state index is 7.92. The largest absolute Gasteiger partial charge is 0.244 e.